The quantitative estimate of drug-likeness (QED) is 0.299. The summed E-state index contributed by atoms with van der Waals surface area (Å²) in [6.45, 7) is 0. The van der Waals surface area contributed by atoms with Crippen LogP contribution < -0.4 is 11.1 Å². The topological polar surface area (TPSA) is 108 Å². The molecule has 0 aromatic heterocycles. The van der Waals surface area contributed by atoms with Crippen LogP contribution in [0.4, 0.5) is 10.1 Å². The van der Waals surface area contributed by atoms with Gasteiger partial charge in [-0.15, -0.1) is 0 Å². The molecule has 0 heterocycles. The summed E-state index contributed by atoms with van der Waals surface area (Å²) in [6, 6.07) is 9.38. The van der Waals surface area contributed by atoms with Gasteiger partial charge >= 0.3 is 0 Å². The van der Waals surface area contributed by atoms with Gasteiger partial charge in [0.25, 0.3) is 5.91 Å². The van der Waals surface area contributed by atoms with E-state index in [-0.39, 0.29) is 11.4 Å². The first-order valence-corrected chi connectivity index (χ1v) is 5.89. The molecule has 0 fully saturated rings. The predicted molar refractivity (Wildman–Crippen MR) is 75.0 cm³/mol. The molecule has 1 amide bonds. The highest BCUT2D eigenvalue weighted by Crippen LogP contribution is 2.20. The molecule has 0 atom stereocenters. The van der Waals surface area contributed by atoms with Crippen molar-refractivity contribution in [3.05, 3.63) is 59.4 Å². The fourth-order valence-corrected chi connectivity index (χ4v) is 1.71. The van der Waals surface area contributed by atoms with Gasteiger partial charge in [-0.3, -0.25) is 4.79 Å². The van der Waals surface area contributed by atoms with Gasteiger partial charge in [-0.25, -0.2) is 4.39 Å². The molecule has 0 spiro atoms. The van der Waals surface area contributed by atoms with Crippen LogP contribution in [0, 0.1) is 5.82 Å². The van der Waals surface area contributed by atoms with Gasteiger partial charge in [-0.1, -0.05) is 17.3 Å². The highest BCUT2D eigenvalue weighted by Gasteiger charge is 2.12. The Morgan fingerprint density at radius 2 is 2.00 bits per heavy atom. The van der Waals surface area contributed by atoms with Gasteiger partial charge in [0.05, 0.1) is 5.56 Å². The third kappa shape index (κ3) is 3.27. The van der Waals surface area contributed by atoms with E-state index >= 15 is 0 Å². The number of hydrogen-bond donors (Lipinski definition) is 4. The molecule has 2 aromatic carbocycles. The fourth-order valence-electron chi connectivity index (χ4n) is 1.71. The molecule has 21 heavy (non-hydrogen) atoms. The number of carbonyl (C=O) groups excluding carboxylic acids is 1. The monoisotopic (exact) mass is 289 g/mol. The number of amides is 1. The highest BCUT2D eigenvalue weighted by molar-refractivity contribution is 6.07. The van der Waals surface area contributed by atoms with Crippen molar-refractivity contribution >= 4 is 17.4 Å². The maximum Gasteiger partial charge on any atom is 0.259 e. The molecule has 2 rings (SSSR count). The smallest absolute Gasteiger partial charge is 0.259 e. The molecular formula is C14H12FN3O3. The van der Waals surface area contributed by atoms with Crippen molar-refractivity contribution in [1.82, 2.24) is 0 Å². The molecule has 0 aliphatic heterocycles. The largest absolute Gasteiger partial charge is 0.507 e. The van der Waals surface area contributed by atoms with Crippen LogP contribution >= 0.6 is 0 Å². The normalized spacial score (nSPS) is 11.2. The number of amidine groups is 1. The van der Waals surface area contributed by atoms with Crippen molar-refractivity contribution in [2.24, 2.45) is 10.9 Å². The molecular weight excluding hydrogens is 277 g/mol. The molecule has 2 aromatic rings. The van der Waals surface area contributed by atoms with Gasteiger partial charge in [0.2, 0.25) is 0 Å². The third-order valence-electron chi connectivity index (χ3n) is 2.73. The first kappa shape index (κ1) is 14.3. The lowest BCUT2D eigenvalue weighted by Crippen LogP contribution is -2.15. The van der Waals surface area contributed by atoms with E-state index in [0.29, 0.717) is 11.3 Å². The average Bonchev–Trinajstić information content (AvgIpc) is 2.46. The molecule has 0 saturated carbocycles. The zero-order valence-electron chi connectivity index (χ0n) is 10.7. The molecule has 0 aliphatic carbocycles. The summed E-state index contributed by atoms with van der Waals surface area (Å²) in [6.07, 6.45) is 0. The number of aromatic hydroxyl groups is 1. The summed E-state index contributed by atoms with van der Waals surface area (Å²) < 4.78 is 12.9. The van der Waals surface area contributed by atoms with Crippen LogP contribution in [-0.2, 0) is 0 Å². The minimum Gasteiger partial charge on any atom is -0.507 e. The minimum atomic E-state index is -0.641. The molecule has 0 unspecified atom stereocenters. The zero-order chi connectivity index (χ0) is 15.4. The number of rotatable bonds is 3. The van der Waals surface area contributed by atoms with Crippen LogP contribution in [0.15, 0.2) is 47.6 Å². The molecule has 6 nitrogen and oxygen atoms in total. The predicted octanol–water partition coefficient (Wildman–Crippen LogP) is 1.88. The van der Waals surface area contributed by atoms with Crippen LogP contribution in [0.3, 0.4) is 0 Å². The second kappa shape index (κ2) is 5.91. The Bertz CT molecular complexity index is 716. The lowest BCUT2D eigenvalue weighted by atomic mass is 10.1. The van der Waals surface area contributed by atoms with Crippen molar-refractivity contribution < 1.29 is 19.5 Å². The Kier molecular flexibility index (Phi) is 4.03. The van der Waals surface area contributed by atoms with E-state index in [0.717, 1.165) is 12.1 Å². The molecule has 108 valence electrons. The fraction of sp³-hybridized carbons (Fsp3) is 0. The Labute approximate surface area is 119 Å². The SMILES string of the molecule is N/C(=N/O)c1cccc(NC(=O)c2ccc(F)cc2O)c1. The number of anilines is 1. The molecule has 5 N–H and O–H groups in total. The highest BCUT2D eigenvalue weighted by atomic mass is 19.1. The Hall–Kier alpha value is -3.09. The van der Waals surface area contributed by atoms with Crippen LogP contribution in [-0.4, -0.2) is 22.1 Å². The molecule has 7 heteroatoms. The van der Waals surface area contributed by atoms with Gasteiger partial charge in [0, 0.05) is 17.3 Å². The van der Waals surface area contributed by atoms with Crippen molar-refractivity contribution in [2.45, 2.75) is 0 Å². The standard InChI is InChI=1S/C14H12FN3O3/c15-9-4-5-11(12(19)7-9)14(20)17-10-3-1-2-8(6-10)13(16)18-21/h1-7,19,21H,(H2,16,18)(H,17,20). The number of nitrogens with one attached hydrogen (secondary N) is 1. The van der Waals surface area contributed by atoms with Crippen LogP contribution in [0.25, 0.3) is 0 Å². The molecule has 0 saturated heterocycles. The van der Waals surface area contributed by atoms with Gasteiger partial charge in [-0.05, 0) is 24.3 Å². The third-order valence-corrected chi connectivity index (χ3v) is 2.73. The number of hydrogen-bond acceptors (Lipinski definition) is 4. The van der Waals surface area contributed by atoms with Gasteiger partial charge in [0.15, 0.2) is 5.84 Å². The second-order valence-corrected chi connectivity index (χ2v) is 4.18. The van der Waals surface area contributed by atoms with Crippen LogP contribution in [0.1, 0.15) is 15.9 Å². The van der Waals surface area contributed by atoms with E-state index in [4.69, 9.17) is 10.9 Å². The summed E-state index contributed by atoms with van der Waals surface area (Å²) in [7, 11) is 0. The van der Waals surface area contributed by atoms with Crippen LogP contribution in [0.2, 0.25) is 0 Å². The number of phenolic OH excluding ortho intramolecular Hbond substituents is 1. The number of halogens is 1. The minimum absolute atomic E-state index is 0.0643. The molecule has 0 radical (unpaired) electrons. The van der Waals surface area contributed by atoms with Crippen LogP contribution in [0.5, 0.6) is 5.75 Å². The number of nitrogens with zero attached hydrogens (tertiary/aromatic N) is 1. The molecule has 0 bridgehead atoms. The first-order chi connectivity index (χ1) is 10.0. The second-order valence-electron chi connectivity index (χ2n) is 4.18. The summed E-state index contributed by atoms with van der Waals surface area (Å²) in [5, 5.41) is 23.5. The van der Waals surface area contributed by atoms with E-state index in [1.807, 2.05) is 0 Å². The van der Waals surface area contributed by atoms with E-state index in [1.54, 1.807) is 18.2 Å². The number of phenols is 1. The summed E-state index contributed by atoms with van der Waals surface area (Å²) in [4.78, 5) is 12.0. The zero-order valence-corrected chi connectivity index (χ0v) is 10.7. The molecule has 0 aliphatic rings. The Balaban J connectivity index is 2.23. The summed E-state index contributed by atoms with van der Waals surface area (Å²) in [5.74, 6) is -1.81. The number of benzene rings is 2. The van der Waals surface area contributed by atoms with Crippen molar-refractivity contribution in [2.75, 3.05) is 5.32 Å². The van der Waals surface area contributed by atoms with Gasteiger partial charge < -0.3 is 21.4 Å². The van der Waals surface area contributed by atoms with E-state index in [2.05, 4.69) is 10.5 Å². The van der Waals surface area contributed by atoms with E-state index in [1.165, 1.54) is 12.1 Å². The number of oxime groups is 1. The average molecular weight is 289 g/mol. The maximum atomic E-state index is 12.9. The number of nitrogens with two attached hydrogens (primary N) is 1. The Morgan fingerprint density at radius 3 is 2.67 bits per heavy atom. The lowest BCUT2D eigenvalue weighted by Gasteiger charge is -2.08. The van der Waals surface area contributed by atoms with E-state index in [9.17, 15) is 14.3 Å². The number of carbonyl (C=O) groups is 1. The van der Waals surface area contributed by atoms with Gasteiger partial charge in [0.1, 0.15) is 11.6 Å². The van der Waals surface area contributed by atoms with Gasteiger partial charge in [-0.2, -0.15) is 0 Å². The van der Waals surface area contributed by atoms with Crippen molar-refractivity contribution in [3.63, 3.8) is 0 Å². The lowest BCUT2D eigenvalue weighted by molar-refractivity contribution is 0.102. The maximum absolute atomic E-state index is 12.9. The summed E-state index contributed by atoms with van der Waals surface area (Å²) in [5.41, 5.74) is 6.18. The first-order valence-electron chi connectivity index (χ1n) is 5.89. The summed E-state index contributed by atoms with van der Waals surface area (Å²) >= 11 is 0. The van der Waals surface area contributed by atoms with E-state index < -0.39 is 17.5 Å². The van der Waals surface area contributed by atoms with Crippen molar-refractivity contribution in [1.29, 1.82) is 0 Å². The van der Waals surface area contributed by atoms with Crippen molar-refractivity contribution in [3.8, 4) is 5.75 Å². The Morgan fingerprint density at radius 1 is 1.24 bits per heavy atom.